The molecule has 0 saturated heterocycles. The van der Waals surface area contributed by atoms with Crippen molar-refractivity contribution in [1.82, 2.24) is 0 Å². The van der Waals surface area contributed by atoms with Crippen molar-refractivity contribution >= 4 is 55.7 Å². The van der Waals surface area contributed by atoms with Gasteiger partial charge in [-0.2, -0.15) is 0 Å². The minimum Gasteiger partial charge on any atom is -0.310 e. The van der Waals surface area contributed by atoms with Crippen LogP contribution in [-0.4, -0.2) is 0 Å². The molecular weight excluding hydrogens is 1010 g/mol. The Balaban J connectivity index is 0.760. The highest BCUT2D eigenvalue weighted by atomic mass is 15.1. The Morgan fingerprint density at radius 3 is 0.798 bits per heavy atom. The lowest BCUT2D eigenvalue weighted by atomic mass is 9.67. The van der Waals surface area contributed by atoms with Gasteiger partial charge in [0.2, 0.25) is 0 Å². The van der Waals surface area contributed by atoms with Crippen LogP contribution in [0.15, 0.2) is 328 Å². The lowest BCUT2D eigenvalue weighted by Gasteiger charge is -2.35. The minimum absolute atomic E-state index is 0.506. The summed E-state index contributed by atoms with van der Waals surface area (Å²) in [4.78, 5) is 4.87. The number of para-hydroxylation sites is 2. The molecule has 392 valence electrons. The summed E-state index contributed by atoms with van der Waals surface area (Å²) in [5, 5.41) is 4.86. The third-order valence-corrected chi connectivity index (χ3v) is 18.4. The zero-order chi connectivity index (χ0) is 55.3. The van der Waals surface area contributed by atoms with E-state index in [1.165, 1.54) is 111 Å². The Bertz CT molecular complexity index is 4480. The zero-order valence-corrected chi connectivity index (χ0v) is 46.1. The van der Waals surface area contributed by atoms with Crippen molar-refractivity contribution in [2.24, 2.45) is 0 Å². The number of fused-ring (bicyclic) bond motifs is 12. The van der Waals surface area contributed by atoms with Crippen molar-refractivity contribution in [2.75, 3.05) is 9.80 Å². The number of anilines is 6. The van der Waals surface area contributed by atoms with Gasteiger partial charge >= 0.3 is 0 Å². The first-order valence-electron chi connectivity index (χ1n) is 29.2. The largest absolute Gasteiger partial charge is 0.310 e. The summed E-state index contributed by atoms with van der Waals surface area (Å²) in [6.07, 6.45) is 0. The van der Waals surface area contributed by atoms with Crippen LogP contribution in [0.3, 0.4) is 0 Å². The van der Waals surface area contributed by atoms with Gasteiger partial charge < -0.3 is 9.80 Å². The fraction of sp³-hybridized carbons (Fsp3) is 0.0244. The second kappa shape index (κ2) is 18.9. The fourth-order valence-corrected chi connectivity index (χ4v) is 14.9. The van der Waals surface area contributed by atoms with Crippen molar-refractivity contribution in [3.05, 3.63) is 372 Å². The van der Waals surface area contributed by atoms with Crippen LogP contribution in [0.4, 0.5) is 34.1 Å². The third-order valence-electron chi connectivity index (χ3n) is 18.4. The van der Waals surface area contributed by atoms with Crippen molar-refractivity contribution in [1.29, 1.82) is 0 Å². The summed E-state index contributed by atoms with van der Waals surface area (Å²) < 4.78 is 0. The summed E-state index contributed by atoms with van der Waals surface area (Å²) in [5.74, 6) is 0. The van der Waals surface area contributed by atoms with Gasteiger partial charge in [0.25, 0.3) is 0 Å². The molecule has 0 atom stereocenters. The molecule has 0 N–H and O–H groups in total. The summed E-state index contributed by atoms with van der Waals surface area (Å²) in [5.41, 5.74) is 26.2. The Morgan fingerprint density at radius 1 is 0.167 bits per heavy atom. The second-order valence-corrected chi connectivity index (χ2v) is 22.7. The molecule has 0 aliphatic heterocycles. The van der Waals surface area contributed by atoms with Crippen molar-refractivity contribution < 1.29 is 0 Å². The maximum Gasteiger partial charge on any atom is 0.0714 e. The number of hydrogen-bond donors (Lipinski definition) is 0. The van der Waals surface area contributed by atoms with Gasteiger partial charge in [-0.1, -0.05) is 231 Å². The quantitative estimate of drug-likeness (QED) is 0.135. The lowest BCUT2D eigenvalue weighted by Crippen LogP contribution is -2.28. The van der Waals surface area contributed by atoms with Gasteiger partial charge in [0, 0.05) is 34.1 Å². The molecule has 84 heavy (non-hydrogen) atoms. The summed E-state index contributed by atoms with van der Waals surface area (Å²) in [6, 6.07) is 122. The van der Waals surface area contributed by atoms with Crippen molar-refractivity contribution in [2.45, 2.75) is 10.8 Å². The van der Waals surface area contributed by atoms with Crippen LogP contribution in [0.2, 0.25) is 0 Å². The highest BCUT2D eigenvalue weighted by Crippen LogP contribution is 2.60. The molecule has 0 fully saturated rings. The molecule has 14 aromatic rings. The lowest BCUT2D eigenvalue weighted by molar-refractivity contribution is 0.768. The van der Waals surface area contributed by atoms with Gasteiger partial charge in [-0.15, -0.1) is 0 Å². The number of rotatable bonds is 10. The normalized spacial score (nSPS) is 13.4. The molecule has 0 aromatic heterocycles. The van der Waals surface area contributed by atoms with Gasteiger partial charge in [0.1, 0.15) is 0 Å². The van der Waals surface area contributed by atoms with E-state index in [0.717, 1.165) is 34.1 Å². The molecule has 0 bridgehead atoms. The van der Waals surface area contributed by atoms with Gasteiger partial charge in [-0.05, 0) is 208 Å². The molecule has 0 radical (unpaired) electrons. The summed E-state index contributed by atoms with van der Waals surface area (Å²) in [7, 11) is 0. The van der Waals surface area contributed by atoms with E-state index in [4.69, 9.17) is 0 Å². The highest BCUT2D eigenvalue weighted by Gasteiger charge is 2.48. The van der Waals surface area contributed by atoms with Crippen LogP contribution in [-0.2, 0) is 10.8 Å². The number of nitrogens with zero attached hydrogens (tertiary/aromatic N) is 2. The van der Waals surface area contributed by atoms with E-state index < -0.39 is 10.8 Å². The predicted octanol–water partition coefficient (Wildman–Crippen LogP) is 21.3. The maximum absolute atomic E-state index is 2.46. The van der Waals surface area contributed by atoms with E-state index in [0.29, 0.717) is 0 Å². The highest BCUT2D eigenvalue weighted by molar-refractivity contribution is 6.13. The first kappa shape index (κ1) is 48.0. The summed E-state index contributed by atoms with van der Waals surface area (Å²) >= 11 is 0. The number of hydrogen-bond acceptors (Lipinski definition) is 2. The van der Waals surface area contributed by atoms with E-state index in [9.17, 15) is 0 Å². The van der Waals surface area contributed by atoms with Crippen molar-refractivity contribution in [3.8, 4) is 44.5 Å². The molecular formula is C82H54N2. The van der Waals surface area contributed by atoms with Crippen LogP contribution in [0.25, 0.3) is 66.1 Å². The third kappa shape index (κ3) is 7.04. The average Bonchev–Trinajstić information content (AvgIpc) is 2.49. The second-order valence-electron chi connectivity index (χ2n) is 22.7. The van der Waals surface area contributed by atoms with E-state index in [1.807, 2.05) is 0 Å². The molecule has 3 aliphatic rings. The van der Waals surface area contributed by atoms with Crippen LogP contribution in [0.1, 0.15) is 44.5 Å². The molecule has 0 unspecified atom stereocenters. The SMILES string of the molecule is c1ccc(N(c2ccc3c(c2)C(c2ccccc2)(c2ccccc2)c2ccccc2-3)c2ccc3cc4c(cc3c2)-c2cc3ccc(N(c5ccccc5)c5ccc6c(c5)C(c5ccccc5)(c5ccccc5)c5ccccc5-6)cc3cc2-4)cc1. The van der Waals surface area contributed by atoms with E-state index in [2.05, 4.69) is 337 Å². The molecule has 2 nitrogen and oxygen atoms in total. The van der Waals surface area contributed by atoms with Gasteiger partial charge in [-0.25, -0.2) is 0 Å². The monoisotopic (exact) mass is 1070 g/mol. The first-order chi connectivity index (χ1) is 41.6. The maximum atomic E-state index is 2.46. The molecule has 14 aromatic carbocycles. The van der Waals surface area contributed by atoms with Crippen LogP contribution in [0, 0.1) is 0 Å². The molecule has 0 heterocycles. The molecule has 2 heteroatoms. The van der Waals surface area contributed by atoms with Gasteiger partial charge in [0.15, 0.2) is 0 Å². The van der Waals surface area contributed by atoms with E-state index >= 15 is 0 Å². The smallest absolute Gasteiger partial charge is 0.0714 e. The van der Waals surface area contributed by atoms with Crippen LogP contribution >= 0.6 is 0 Å². The van der Waals surface area contributed by atoms with E-state index in [-0.39, 0.29) is 0 Å². The summed E-state index contributed by atoms with van der Waals surface area (Å²) in [6.45, 7) is 0. The van der Waals surface area contributed by atoms with Crippen LogP contribution < -0.4 is 9.80 Å². The Kier molecular flexibility index (Phi) is 10.8. The van der Waals surface area contributed by atoms with Gasteiger partial charge in [0.05, 0.1) is 10.8 Å². The standard InChI is InChI=1S/C82H54N2/c1-7-23-59(24-8-1)81(60-25-9-2-10-26-60)77-37-21-19-35-69(77)71-45-43-67(53-79(71)81)83(63-31-15-5-16-32-63)65-41-39-55-49-73-75(51-57(55)47-65)74-50-56-40-42-66(48-58(56)52-76(73)74)84(64-33-17-6-18-34-64)68-44-46-72-70-36-20-22-38-78(70)82(80(72)54-68,61-27-11-3-12-28-61)62-29-13-4-14-30-62/h1-54H. The van der Waals surface area contributed by atoms with Gasteiger partial charge in [-0.3, -0.25) is 0 Å². The Labute approximate surface area is 490 Å². The zero-order valence-electron chi connectivity index (χ0n) is 46.1. The predicted molar refractivity (Wildman–Crippen MR) is 350 cm³/mol. The number of benzene rings is 14. The first-order valence-corrected chi connectivity index (χ1v) is 29.2. The molecule has 17 rings (SSSR count). The van der Waals surface area contributed by atoms with E-state index in [1.54, 1.807) is 0 Å². The Hall–Kier alpha value is -10.8. The van der Waals surface area contributed by atoms with Crippen molar-refractivity contribution in [3.63, 3.8) is 0 Å². The minimum atomic E-state index is -0.506. The Morgan fingerprint density at radius 2 is 0.440 bits per heavy atom. The topological polar surface area (TPSA) is 6.48 Å². The van der Waals surface area contributed by atoms with Crippen LogP contribution in [0.5, 0.6) is 0 Å². The molecule has 0 amide bonds. The molecule has 0 spiro atoms. The molecule has 3 aliphatic carbocycles. The fourth-order valence-electron chi connectivity index (χ4n) is 14.9. The molecule has 0 saturated carbocycles. The average molecular weight is 1070 g/mol.